The first kappa shape index (κ1) is 24.2. The zero-order chi connectivity index (χ0) is 23.3. The quantitative estimate of drug-likeness (QED) is 0.623. The maximum Gasteiger partial charge on any atom is 0.243 e. The van der Waals surface area contributed by atoms with E-state index in [2.05, 4.69) is 10.2 Å². The molecule has 10 heteroatoms. The fourth-order valence-electron chi connectivity index (χ4n) is 3.60. The van der Waals surface area contributed by atoms with Crippen molar-refractivity contribution in [3.05, 3.63) is 53.1 Å². The van der Waals surface area contributed by atoms with Gasteiger partial charge in [-0.2, -0.15) is 0 Å². The molecule has 3 rings (SSSR count). The van der Waals surface area contributed by atoms with E-state index < -0.39 is 22.0 Å². The summed E-state index contributed by atoms with van der Waals surface area (Å²) in [7, 11) is -2.37. The van der Waals surface area contributed by atoms with Gasteiger partial charge in [-0.15, -0.1) is 0 Å². The van der Waals surface area contributed by atoms with E-state index in [1.165, 1.54) is 20.1 Å². The van der Waals surface area contributed by atoms with Crippen molar-refractivity contribution >= 4 is 38.9 Å². The molecular weight excluding hydrogens is 454 g/mol. The Labute approximate surface area is 194 Å². The van der Waals surface area contributed by atoms with Crippen LogP contribution in [0.15, 0.2) is 42.5 Å². The van der Waals surface area contributed by atoms with Crippen molar-refractivity contribution in [1.29, 1.82) is 0 Å². The van der Waals surface area contributed by atoms with Gasteiger partial charge in [0.2, 0.25) is 15.9 Å². The highest BCUT2D eigenvalue weighted by molar-refractivity contribution is 7.92. The van der Waals surface area contributed by atoms with Gasteiger partial charge in [0.05, 0.1) is 32.3 Å². The molecule has 1 amide bonds. The summed E-state index contributed by atoms with van der Waals surface area (Å²) in [4.78, 5) is 15.1. The lowest BCUT2D eigenvalue weighted by atomic mass is 10.1. The Kier molecular flexibility index (Phi) is 7.86. The second-order valence-corrected chi connectivity index (χ2v) is 9.83. The van der Waals surface area contributed by atoms with Crippen LogP contribution in [0.4, 0.5) is 11.4 Å². The Morgan fingerprint density at radius 1 is 1.22 bits per heavy atom. The molecule has 0 saturated carbocycles. The van der Waals surface area contributed by atoms with Crippen LogP contribution in [0, 0.1) is 0 Å². The molecule has 8 nitrogen and oxygen atoms in total. The summed E-state index contributed by atoms with van der Waals surface area (Å²) in [6.07, 6.45) is 1.04. The molecule has 2 aromatic carbocycles. The number of nitrogens with zero attached hydrogens (tertiary/aromatic N) is 2. The molecule has 0 spiro atoms. The molecule has 1 atom stereocenters. The number of ether oxygens (including phenoxy) is 2. The van der Waals surface area contributed by atoms with E-state index in [0.29, 0.717) is 24.0 Å². The molecule has 1 aliphatic rings. The van der Waals surface area contributed by atoms with Gasteiger partial charge in [-0.05, 0) is 42.8 Å². The van der Waals surface area contributed by atoms with Gasteiger partial charge in [0.1, 0.15) is 11.8 Å². The van der Waals surface area contributed by atoms with E-state index in [1.54, 1.807) is 12.1 Å². The molecular formula is C22H28ClN3O5S. The minimum Gasteiger partial charge on any atom is -0.495 e. The highest BCUT2D eigenvalue weighted by Crippen LogP contribution is 2.34. The summed E-state index contributed by atoms with van der Waals surface area (Å²) >= 11 is 6.07. The molecule has 1 fully saturated rings. The normalized spacial score (nSPS) is 15.2. The molecule has 1 heterocycles. The van der Waals surface area contributed by atoms with Gasteiger partial charge >= 0.3 is 0 Å². The predicted molar refractivity (Wildman–Crippen MR) is 126 cm³/mol. The second kappa shape index (κ2) is 10.4. The van der Waals surface area contributed by atoms with Crippen LogP contribution in [0.3, 0.4) is 0 Å². The number of rotatable bonds is 8. The molecule has 2 aromatic rings. The number of anilines is 2. The molecule has 0 radical (unpaired) electrons. The van der Waals surface area contributed by atoms with Gasteiger partial charge in [0, 0.05) is 30.3 Å². The first-order valence-corrected chi connectivity index (χ1v) is 12.5. The summed E-state index contributed by atoms with van der Waals surface area (Å²) in [5.41, 5.74) is 2.22. The van der Waals surface area contributed by atoms with Crippen molar-refractivity contribution in [2.24, 2.45) is 0 Å². The van der Waals surface area contributed by atoms with E-state index in [1.807, 2.05) is 24.3 Å². The third-order valence-electron chi connectivity index (χ3n) is 5.25. The lowest BCUT2D eigenvalue weighted by Crippen LogP contribution is -2.47. The fourth-order valence-corrected chi connectivity index (χ4v) is 4.94. The number of benzene rings is 2. The summed E-state index contributed by atoms with van der Waals surface area (Å²) < 4.78 is 36.8. The highest BCUT2D eigenvalue weighted by Gasteiger charge is 2.31. The summed E-state index contributed by atoms with van der Waals surface area (Å²) in [6, 6.07) is 11.5. The third kappa shape index (κ3) is 5.85. The Balaban J connectivity index is 1.71. The molecule has 1 saturated heterocycles. The average Bonchev–Trinajstić information content (AvgIpc) is 2.77. The van der Waals surface area contributed by atoms with Crippen LogP contribution in [0.1, 0.15) is 12.5 Å². The minimum absolute atomic E-state index is 0.208. The Hall–Kier alpha value is -2.49. The predicted octanol–water partition coefficient (Wildman–Crippen LogP) is 2.66. The highest BCUT2D eigenvalue weighted by atomic mass is 35.5. The van der Waals surface area contributed by atoms with Crippen molar-refractivity contribution in [3.63, 3.8) is 0 Å². The van der Waals surface area contributed by atoms with E-state index >= 15 is 0 Å². The average molecular weight is 482 g/mol. The maximum absolute atomic E-state index is 12.9. The topological polar surface area (TPSA) is 88.2 Å². The van der Waals surface area contributed by atoms with Crippen molar-refractivity contribution < 1.29 is 22.7 Å². The molecule has 1 N–H and O–H groups in total. The van der Waals surface area contributed by atoms with E-state index in [4.69, 9.17) is 21.1 Å². The summed E-state index contributed by atoms with van der Waals surface area (Å²) in [5, 5.41) is 3.16. The van der Waals surface area contributed by atoms with Crippen LogP contribution < -0.4 is 19.3 Å². The third-order valence-corrected chi connectivity index (χ3v) is 6.71. The van der Waals surface area contributed by atoms with Crippen LogP contribution in [0.2, 0.25) is 5.02 Å². The zero-order valence-electron chi connectivity index (χ0n) is 18.4. The van der Waals surface area contributed by atoms with Crippen molar-refractivity contribution in [2.75, 3.05) is 48.9 Å². The molecule has 0 bridgehead atoms. The monoisotopic (exact) mass is 481 g/mol. The Morgan fingerprint density at radius 3 is 2.47 bits per heavy atom. The molecule has 0 unspecified atom stereocenters. The summed E-state index contributed by atoms with van der Waals surface area (Å²) in [5.74, 6) is -0.132. The number of amides is 1. The Morgan fingerprint density at radius 2 is 1.88 bits per heavy atom. The van der Waals surface area contributed by atoms with E-state index in [-0.39, 0.29) is 12.2 Å². The van der Waals surface area contributed by atoms with E-state index in [0.717, 1.165) is 34.9 Å². The SMILES string of the molecule is COc1ccc(Cl)cc1N([C@H](C)C(=O)NCc1ccc(N2CCOCC2)cc1)S(C)(=O)=O. The second-order valence-electron chi connectivity index (χ2n) is 7.53. The van der Waals surface area contributed by atoms with Gasteiger partial charge in [-0.3, -0.25) is 9.10 Å². The van der Waals surface area contributed by atoms with Crippen LogP contribution in [-0.2, 0) is 26.1 Å². The maximum atomic E-state index is 12.9. The lowest BCUT2D eigenvalue weighted by Gasteiger charge is -2.29. The minimum atomic E-state index is -3.79. The molecule has 0 aliphatic carbocycles. The van der Waals surface area contributed by atoms with E-state index in [9.17, 15) is 13.2 Å². The number of halogens is 1. The largest absolute Gasteiger partial charge is 0.495 e. The number of morpholine rings is 1. The molecule has 32 heavy (non-hydrogen) atoms. The van der Waals surface area contributed by atoms with Crippen molar-refractivity contribution in [2.45, 2.75) is 19.5 Å². The van der Waals surface area contributed by atoms with Crippen molar-refractivity contribution in [3.8, 4) is 5.75 Å². The molecule has 174 valence electrons. The summed E-state index contributed by atoms with van der Waals surface area (Å²) in [6.45, 7) is 4.92. The van der Waals surface area contributed by atoms with Gasteiger partial charge in [-0.25, -0.2) is 8.42 Å². The number of nitrogens with one attached hydrogen (secondary N) is 1. The number of hydrogen-bond acceptors (Lipinski definition) is 6. The number of carbonyl (C=O) groups is 1. The number of hydrogen-bond donors (Lipinski definition) is 1. The van der Waals surface area contributed by atoms with Crippen molar-refractivity contribution in [1.82, 2.24) is 5.32 Å². The first-order valence-electron chi connectivity index (χ1n) is 10.2. The van der Waals surface area contributed by atoms with Crippen LogP contribution >= 0.6 is 11.6 Å². The standard InChI is InChI=1S/C22H28ClN3O5S/c1-16(26(32(3,28)29)20-14-18(23)6-9-21(20)30-2)22(27)24-15-17-4-7-19(8-5-17)25-10-12-31-13-11-25/h4-9,14,16H,10-13,15H2,1-3H3,(H,24,27)/t16-/m1/s1. The van der Waals surface area contributed by atoms with Crippen LogP contribution in [0.25, 0.3) is 0 Å². The fraction of sp³-hybridized carbons (Fsp3) is 0.409. The zero-order valence-corrected chi connectivity index (χ0v) is 19.9. The van der Waals surface area contributed by atoms with Gasteiger partial charge in [0.15, 0.2) is 0 Å². The van der Waals surface area contributed by atoms with Gasteiger partial charge < -0.3 is 19.7 Å². The number of carbonyl (C=O) groups excluding carboxylic acids is 1. The first-order chi connectivity index (χ1) is 15.2. The smallest absolute Gasteiger partial charge is 0.243 e. The van der Waals surface area contributed by atoms with Gasteiger partial charge in [-0.1, -0.05) is 23.7 Å². The lowest BCUT2D eigenvalue weighted by molar-refractivity contribution is -0.122. The molecule has 0 aromatic heterocycles. The van der Waals surface area contributed by atoms with Gasteiger partial charge in [0.25, 0.3) is 0 Å². The number of sulfonamides is 1. The Bertz CT molecular complexity index is 1040. The molecule has 1 aliphatic heterocycles. The van der Waals surface area contributed by atoms with Crippen LogP contribution in [-0.4, -0.2) is 60.0 Å². The number of methoxy groups -OCH3 is 1. The van der Waals surface area contributed by atoms with Crippen LogP contribution in [0.5, 0.6) is 5.75 Å².